The number of rotatable bonds is 6. The van der Waals surface area contributed by atoms with Crippen LogP contribution in [0, 0.1) is 0 Å². The van der Waals surface area contributed by atoms with Crippen LogP contribution in [0.1, 0.15) is 42.6 Å². The number of carbonyl (C=O) groups excluding carboxylic acids is 1. The zero-order valence-electron chi connectivity index (χ0n) is 15.1. The van der Waals surface area contributed by atoms with Crippen molar-refractivity contribution in [2.45, 2.75) is 39.0 Å². The molecule has 1 aliphatic rings. The Bertz CT molecular complexity index is 710. The monoisotopic (exact) mass is 341 g/mol. The lowest BCUT2D eigenvalue weighted by atomic mass is 10.1. The largest absolute Gasteiger partial charge is 0.377 e. The van der Waals surface area contributed by atoms with Gasteiger partial charge in [-0.05, 0) is 43.0 Å². The molecule has 0 unspecified atom stereocenters. The molecule has 1 aromatic heterocycles. The Labute approximate surface area is 149 Å². The maximum Gasteiger partial charge on any atom is 0.318 e. The maximum absolute atomic E-state index is 12.7. The average molecular weight is 341 g/mol. The number of aryl methyl sites for hydroxylation is 1. The molecule has 0 bridgehead atoms. The zero-order chi connectivity index (χ0) is 17.6. The Kier molecular flexibility index (Phi) is 5.76. The standard InChI is InChI=1S/C20H27N3O2/c1-3-25-15-17-9-5-4-8-16(17)14-21-20(24)23-13-7-11-19(23)18-10-6-12-22(18)2/h4-6,8-10,12,19H,3,7,11,13-15H2,1-2H3,(H,21,24)/t19-/m1/s1. The molecule has 3 rings (SSSR count). The van der Waals surface area contributed by atoms with Gasteiger partial charge in [0.25, 0.3) is 0 Å². The van der Waals surface area contributed by atoms with E-state index >= 15 is 0 Å². The Morgan fingerprint density at radius 2 is 2.04 bits per heavy atom. The fraction of sp³-hybridized carbons (Fsp3) is 0.450. The van der Waals surface area contributed by atoms with Crippen LogP contribution in [0.3, 0.4) is 0 Å². The molecule has 2 amide bonds. The first kappa shape index (κ1) is 17.5. The zero-order valence-corrected chi connectivity index (χ0v) is 15.1. The lowest BCUT2D eigenvalue weighted by molar-refractivity contribution is 0.133. The van der Waals surface area contributed by atoms with Gasteiger partial charge in [-0.2, -0.15) is 0 Å². The van der Waals surface area contributed by atoms with Crippen molar-refractivity contribution in [1.82, 2.24) is 14.8 Å². The summed E-state index contributed by atoms with van der Waals surface area (Å²) < 4.78 is 7.62. The van der Waals surface area contributed by atoms with Crippen LogP contribution in [-0.2, 0) is 24.9 Å². The van der Waals surface area contributed by atoms with Gasteiger partial charge in [-0.1, -0.05) is 24.3 Å². The second-order valence-corrected chi connectivity index (χ2v) is 6.46. The summed E-state index contributed by atoms with van der Waals surface area (Å²) in [4.78, 5) is 14.7. The molecule has 1 aliphatic heterocycles. The first-order valence-corrected chi connectivity index (χ1v) is 9.01. The number of benzene rings is 1. The van der Waals surface area contributed by atoms with E-state index in [0.717, 1.165) is 30.5 Å². The van der Waals surface area contributed by atoms with Gasteiger partial charge in [-0.25, -0.2) is 4.79 Å². The van der Waals surface area contributed by atoms with Gasteiger partial charge in [0.05, 0.1) is 12.6 Å². The predicted octanol–water partition coefficient (Wildman–Crippen LogP) is 3.61. The molecule has 1 fully saturated rings. The number of ether oxygens (including phenoxy) is 1. The van der Waals surface area contributed by atoms with E-state index in [1.807, 2.05) is 49.3 Å². The molecule has 0 saturated carbocycles. The van der Waals surface area contributed by atoms with E-state index in [0.29, 0.717) is 19.8 Å². The van der Waals surface area contributed by atoms with Crippen LogP contribution in [0.4, 0.5) is 4.79 Å². The molecule has 1 saturated heterocycles. The van der Waals surface area contributed by atoms with Crippen molar-refractivity contribution in [3.8, 4) is 0 Å². The Morgan fingerprint density at radius 3 is 2.76 bits per heavy atom. The lowest BCUT2D eigenvalue weighted by Crippen LogP contribution is -2.39. The van der Waals surface area contributed by atoms with Crippen molar-refractivity contribution >= 4 is 6.03 Å². The topological polar surface area (TPSA) is 46.5 Å². The predicted molar refractivity (Wildman–Crippen MR) is 98.1 cm³/mol. The number of hydrogen-bond donors (Lipinski definition) is 1. The van der Waals surface area contributed by atoms with Gasteiger partial charge in [0.2, 0.25) is 0 Å². The number of amides is 2. The minimum atomic E-state index is 0.00918. The van der Waals surface area contributed by atoms with E-state index in [1.54, 1.807) is 0 Å². The summed E-state index contributed by atoms with van der Waals surface area (Å²) in [5.41, 5.74) is 3.44. The molecule has 1 N–H and O–H groups in total. The SMILES string of the molecule is CCOCc1ccccc1CNC(=O)N1CCC[C@@H]1c1cccn1C. The number of likely N-dealkylation sites (tertiary alicyclic amines) is 1. The van der Waals surface area contributed by atoms with Crippen LogP contribution in [0.2, 0.25) is 0 Å². The second-order valence-electron chi connectivity index (χ2n) is 6.46. The third-order valence-corrected chi connectivity index (χ3v) is 4.85. The summed E-state index contributed by atoms with van der Waals surface area (Å²) >= 11 is 0. The number of aromatic nitrogens is 1. The Morgan fingerprint density at radius 1 is 1.24 bits per heavy atom. The Balaban J connectivity index is 1.64. The van der Waals surface area contributed by atoms with Crippen LogP contribution in [0.25, 0.3) is 0 Å². The second kappa shape index (κ2) is 8.21. The van der Waals surface area contributed by atoms with Gasteiger partial charge < -0.3 is 19.5 Å². The lowest BCUT2D eigenvalue weighted by Gasteiger charge is -2.26. The summed E-state index contributed by atoms with van der Waals surface area (Å²) in [6.07, 6.45) is 4.10. The van der Waals surface area contributed by atoms with Gasteiger partial charge in [0.15, 0.2) is 0 Å². The van der Waals surface area contributed by atoms with E-state index in [4.69, 9.17) is 4.74 Å². The van der Waals surface area contributed by atoms with Crippen LogP contribution in [0.15, 0.2) is 42.6 Å². The van der Waals surface area contributed by atoms with E-state index < -0.39 is 0 Å². The quantitative estimate of drug-likeness (QED) is 0.872. The van der Waals surface area contributed by atoms with Crippen LogP contribution in [-0.4, -0.2) is 28.6 Å². The molecular formula is C20H27N3O2. The van der Waals surface area contributed by atoms with Crippen molar-refractivity contribution in [3.63, 3.8) is 0 Å². The summed E-state index contributed by atoms with van der Waals surface area (Å²) in [6, 6.07) is 12.4. The highest BCUT2D eigenvalue weighted by Gasteiger charge is 2.31. The minimum absolute atomic E-state index is 0.00918. The highest BCUT2D eigenvalue weighted by Crippen LogP contribution is 2.31. The average Bonchev–Trinajstić information content (AvgIpc) is 3.27. The smallest absolute Gasteiger partial charge is 0.318 e. The third kappa shape index (κ3) is 4.04. The molecule has 0 aliphatic carbocycles. The van der Waals surface area contributed by atoms with Crippen LogP contribution < -0.4 is 5.32 Å². The molecule has 2 heterocycles. The van der Waals surface area contributed by atoms with E-state index in [2.05, 4.69) is 22.0 Å². The molecule has 1 aromatic carbocycles. The molecule has 2 aromatic rings. The summed E-state index contributed by atoms with van der Waals surface area (Å²) in [7, 11) is 2.04. The van der Waals surface area contributed by atoms with Crippen molar-refractivity contribution in [2.75, 3.05) is 13.2 Å². The van der Waals surface area contributed by atoms with Crippen molar-refractivity contribution < 1.29 is 9.53 Å². The summed E-state index contributed by atoms with van der Waals surface area (Å²) in [6.45, 7) is 4.59. The van der Waals surface area contributed by atoms with E-state index in [1.165, 1.54) is 5.69 Å². The highest BCUT2D eigenvalue weighted by molar-refractivity contribution is 5.75. The maximum atomic E-state index is 12.7. The van der Waals surface area contributed by atoms with Gasteiger partial charge >= 0.3 is 6.03 Å². The van der Waals surface area contributed by atoms with Crippen LogP contribution >= 0.6 is 0 Å². The molecule has 0 spiro atoms. The number of nitrogens with zero attached hydrogens (tertiary/aromatic N) is 2. The summed E-state index contributed by atoms with van der Waals surface area (Å²) in [5.74, 6) is 0. The summed E-state index contributed by atoms with van der Waals surface area (Å²) in [5, 5.41) is 3.09. The minimum Gasteiger partial charge on any atom is -0.377 e. The fourth-order valence-corrected chi connectivity index (χ4v) is 3.49. The third-order valence-electron chi connectivity index (χ3n) is 4.85. The first-order chi connectivity index (χ1) is 12.2. The van der Waals surface area contributed by atoms with Gasteiger partial charge in [-0.15, -0.1) is 0 Å². The molecule has 1 atom stereocenters. The number of carbonyl (C=O) groups is 1. The normalized spacial score (nSPS) is 17.0. The Hall–Kier alpha value is -2.27. The van der Waals surface area contributed by atoms with E-state index in [9.17, 15) is 4.79 Å². The number of urea groups is 1. The number of hydrogen-bond acceptors (Lipinski definition) is 2. The molecule has 0 radical (unpaired) electrons. The number of nitrogens with one attached hydrogen (secondary N) is 1. The molecular weight excluding hydrogens is 314 g/mol. The van der Waals surface area contributed by atoms with E-state index in [-0.39, 0.29) is 12.1 Å². The van der Waals surface area contributed by atoms with Crippen LogP contribution in [0.5, 0.6) is 0 Å². The van der Waals surface area contributed by atoms with Crippen molar-refractivity contribution in [2.24, 2.45) is 7.05 Å². The molecule has 5 heteroatoms. The fourth-order valence-electron chi connectivity index (χ4n) is 3.49. The highest BCUT2D eigenvalue weighted by atomic mass is 16.5. The van der Waals surface area contributed by atoms with Gasteiger partial charge in [0, 0.05) is 38.6 Å². The van der Waals surface area contributed by atoms with Crippen molar-refractivity contribution in [3.05, 3.63) is 59.4 Å². The van der Waals surface area contributed by atoms with Gasteiger partial charge in [-0.3, -0.25) is 0 Å². The molecule has 5 nitrogen and oxygen atoms in total. The van der Waals surface area contributed by atoms with Crippen molar-refractivity contribution in [1.29, 1.82) is 0 Å². The first-order valence-electron chi connectivity index (χ1n) is 9.01. The van der Waals surface area contributed by atoms with Gasteiger partial charge in [0.1, 0.15) is 0 Å². The molecule has 25 heavy (non-hydrogen) atoms. The molecule has 134 valence electrons.